The minimum Gasteiger partial charge on any atom is -0.328 e. The molecule has 0 aliphatic rings. The molecule has 2 rings (SSSR count). The Morgan fingerprint density at radius 2 is 2.28 bits per heavy atom. The van der Waals surface area contributed by atoms with Crippen LogP contribution in [0.3, 0.4) is 0 Å². The molecule has 1 heterocycles. The van der Waals surface area contributed by atoms with Gasteiger partial charge in [-0.05, 0) is 18.6 Å². The number of aromatic nitrogens is 2. The smallest absolute Gasteiger partial charge is 0.0954 e. The van der Waals surface area contributed by atoms with Gasteiger partial charge < -0.3 is 10.3 Å². The second-order valence-corrected chi connectivity index (χ2v) is 4.81. The third-order valence-electron chi connectivity index (χ3n) is 3.07. The molecule has 18 heavy (non-hydrogen) atoms. The first-order chi connectivity index (χ1) is 8.76. The highest BCUT2D eigenvalue weighted by atomic mass is 35.5. The zero-order chi connectivity index (χ0) is 13.0. The summed E-state index contributed by atoms with van der Waals surface area (Å²) in [6.45, 7) is 2.79. The van der Waals surface area contributed by atoms with Gasteiger partial charge in [-0.15, -0.1) is 0 Å². The normalized spacial score (nSPS) is 12.6. The van der Waals surface area contributed by atoms with Gasteiger partial charge in [-0.3, -0.25) is 0 Å². The van der Waals surface area contributed by atoms with Crippen LogP contribution in [0.5, 0.6) is 0 Å². The molecule has 0 saturated carbocycles. The summed E-state index contributed by atoms with van der Waals surface area (Å²) >= 11 is 6.03. The van der Waals surface area contributed by atoms with Crippen LogP contribution in [0.15, 0.2) is 36.8 Å². The summed E-state index contributed by atoms with van der Waals surface area (Å²) in [6.07, 6.45) is 5.88. The van der Waals surface area contributed by atoms with E-state index in [1.807, 2.05) is 36.8 Å². The first-order valence-corrected chi connectivity index (χ1v) is 6.62. The van der Waals surface area contributed by atoms with Crippen molar-refractivity contribution in [3.63, 3.8) is 0 Å². The first kappa shape index (κ1) is 13.1. The molecule has 0 aliphatic carbocycles. The predicted molar refractivity (Wildman–Crippen MR) is 75.7 cm³/mol. The van der Waals surface area contributed by atoms with Gasteiger partial charge in [0.05, 0.1) is 18.2 Å². The van der Waals surface area contributed by atoms with E-state index in [2.05, 4.69) is 16.5 Å². The van der Waals surface area contributed by atoms with Crippen LogP contribution in [0.2, 0.25) is 5.02 Å². The maximum atomic E-state index is 6.03. The van der Waals surface area contributed by atoms with Crippen LogP contribution >= 0.6 is 11.6 Å². The molecule has 0 fully saturated rings. The molecule has 0 spiro atoms. The Bertz CT molecular complexity index is 507. The topological polar surface area (TPSA) is 43.8 Å². The summed E-state index contributed by atoms with van der Waals surface area (Å²) < 4.78 is 2.15. The minimum absolute atomic E-state index is 0.298. The van der Waals surface area contributed by atoms with E-state index >= 15 is 0 Å². The van der Waals surface area contributed by atoms with Gasteiger partial charge in [0.25, 0.3) is 0 Å². The number of nitrogens with zero attached hydrogens (tertiary/aromatic N) is 2. The highest BCUT2D eigenvalue weighted by Crippen LogP contribution is 2.26. The van der Waals surface area contributed by atoms with Crippen LogP contribution in [0.4, 0.5) is 0 Å². The van der Waals surface area contributed by atoms with Gasteiger partial charge in [0.2, 0.25) is 0 Å². The van der Waals surface area contributed by atoms with E-state index in [1.54, 1.807) is 0 Å². The molecule has 1 atom stereocenters. The highest BCUT2D eigenvalue weighted by Gasteiger charge is 2.13. The van der Waals surface area contributed by atoms with E-state index in [4.69, 9.17) is 17.3 Å². The van der Waals surface area contributed by atoms with E-state index in [-0.39, 0.29) is 0 Å². The van der Waals surface area contributed by atoms with Gasteiger partial charge in [-0.2, -0.15) is 0 Å². The SMILES string of the molecule is CCCC(CN)n1cncc1-c1cccc(Cl)c1. The predicted octanol–water partition coefficient (Wildman–Crippen LogP) is 3.50. The fourth-order valence-corrected chi connectivity index (χ4v) is 2.36. The van der Waals surface area contributed by atoms with Gasteiger partial charge in [0.15, 0.2) is 0 Å². The van der Waals surface area contributed by atoms with Crippen molar-refractivity contribution in [1.82, 2.24) is 9.55 Å². The molecule has 0 radical (unpaired) electrons. The zero-order valence-corrected chi connectivity index (χ0v) is 11.3. The van der Waals surface area contributed by atoms with E-state index in [1.165, 1.54) is 0 Å². The van der Waals surface area contributed by atoms with Crippen LogP contribution < -0.4 is 5.73 Å². The number of hydrogen-bond acceptors (Lipinski definition) is 2. The van der Waals surface area contributed by atoms with E-state index in [0.29, 0.717) is 12.6 Å². The van der Waals surface area contributed by atoms with Gasteiger partial charge in [0, 0.05) is 23.2 Å². The average Bonchev–Trinajstić information content (AvgIpc) is 2.85. The quantitative estimate of drug-likeness (QED) is 0.897. The van der Waals surface area contributed by atoms with Crippen molar-refractivity contribution in [3.05, 3.63) is 41.8 Å². The lowest BCUT2D eigenvalue weighted by atomic mass is 10.1. The van der Waals surface area contributed by atoms with Crippen LogP contribution in [0.25, 0.3) is 11.3 Å². The average molecular weight is 264 g/mol. The third kappa shape index (κ3) is 2.74. The fourth-order valence-electron chi connectivity index (χ4n) is 2.17. The molecule has 0 aliphatic heterocycles. The first-order valence-electron chi connectivity index (χ1n) is 6.24. The standard InChI is InChI=1S/C14H18ClN3/c1-2-4-13(8-16)18-10-17-9-14(18)11-5-3-6-12(15)7-11/h3,5-7,9-10,13H,2,4,8,16H2,1H3. The lowest BCUT2D eigenvalue weighted by Crippen LogP contribution is -2.19. The Hall–Kier alpha value is -1.32. The zero-order valence-electron chi connectivity index (χ0n) is 10.5. The summed E-state index contributed by atoms with van der Waals surface area (Å²) in [5.74, 6) is 0. The van der Waals surface area contributed by atoms with Crippen molar-refractivity contribution in [2.45, 2.75) is 25.8 Å². The molecular weight excluding hydrogens is 246 g/mol. The summed E-state index contributed by atoms with van der Waals surface area (Å²) in [4.78, 5) is 4.24. The second kappa shape index (κ2) is 6.03. The molecule has 1 aromatic heterocycles. The Balaban J connectivity index is 2.38. The summed E-state index contributed by atoms with van der Waals surface area (Å²) in [6, 6.07) is 8.12. The van der Waals surface area contributed by atoms with E-state index in [9.17, 15) is 0 Å². The Morgan fingerprint density at radius 1 is 1.44 bits per heavy atom. The lowest BCUT2D eigenvalue weighted by Gasteiger charge is -2.18. The van der Waals surface area contributed by atoms with Crippen molar-refractivity contribution in [3.8, 4) is 11.3 Å². The molecule has 4 heteroatoms. The Labute approximate surface area is 113 Å². The van der Waals surface area contributed by atoms with Gasteiger partial charge >= 0.3 is 0 Å². The molecule has 1 unspecified atom stereocenters. The molecule has 0 saturated heterocycles. The van der Waals surface area contributed by atoms with Crippen molar-refractivity contribution >= 4 is 11.6 Å². The van der Waals surface area contributed by atoms with Crippen LogP contribution in [-0.2, 0) is 0 Å². The molecule has 3 nitrogen and oxygen atoms in total. The van der Waals surface area contributed by atoms with Crippen LogP contribution in [-0.4, -0.2) is 16.1 Å². The number of hydrogen-bond donors (Lipinski definition) is 1. The van der Waals surface area contributed by atoms with Crippen molar-refractivity contribution in [1.29, 1.82) is 0 Å². The van der Waals surface area contributed by atoms with E-state index < -0.39 is 0 Å². The maximum absolute atomic E-state index is 6.03. The Kier molecular flexibility index (Phi) is 4.39. The van der Waals surface area contributed by atoms with Gasteiger partial charge in [-0.25, -0.2) is 4.98 Å². The molecular formula is C14H18ClN3. The number of nitrogens with two attached hydrogens (primary N) is 1. The monoisotopic (exact) mass is 263 g/mol. The minimum atomic E-state index is 0.298. The fraction of sp³-hybridized carbons (Fsp3) is 0.357. The van der Waals surface area contributed by atoms with Gasteiger partial charge in [-0.1, -0.05) is 37.1 Å². The number of benzene rings is 1. The molecule has 2 N–H and O–H groups in total. The largest absolute Gasteiger partial charge is 0.328 e. The summed E-state index contributed by atoms with van der Waals surface area (Å²) in [5, 5.41) is 0.736. The van der Waals surface area contributed by atoms with Crippen LogP contribution in [0, 0.1) is 0 Å². The van der Waals surface area contributed by atoms with E-state index in [0.717, 1.165) is 29.1 Å². The van der Waals surface area contributed by atoms with Crippen molar-refractivity contribution in [2.75, 3.05) is 6.54 Å². The van der Waals surface area contributed by atoms with Crippen LogP contribution in [0.1, 0.15) is 25.8 Å². The third-order valence-corrected chi connectivity index (χ3v) is 3.31. The molecule has 96 valence electrons. The van der Waals surface area contributed by atoms with Crippen molar-refractivity contribution in [2.24, 2.45) is 5.73 Å². The number of halogens is 1. The molecule has 1 aromatic carbocycles. The Morgan fingerprint density at radius 3 is 2.94 bits per heavy atom. The molecule has 0 amide bonds. The number of imidazole rings is 1. The molecule has 2 aromatic rings. The number of rotatable bonds is 5. The summed E-state index contributed by atoms with van der Waals surface area (Å²) in [5.41, 5.74) is 8.00. The highest BCUT2D eigenvalue weighted by molar-refractivity contribution is 6.30. The second-order valence-electron chi connectivity index (χ2n) is 4.37. The van der Waals surface area contributed by atoms with Gasteiger partial charge in [0.1, 0.15) is 0 Å². The maximum Gasteiger partial charge on any atom is 0.0954 e. The summed E-state index contributed by atoms with van der Waals surface area (Å²) in [7, 11) is 0. The lowest BCUT2D eigenvalue weighted by molar-refractivity contribution is 0.473. The van der Waals surface area contributed by atoms with Crippen molar-refractivity contribution < 1.29 is 0 Å². The molecule has 0 bridgehead atoms.